The molecule has 102 valence electrons. The summed E-state index contributed by atoms with van der Waals surface area (Å²) in [6.45, 7) is 9.03. The van der Waals surface area contributed by atoms with E-state index in [2.05, 4.69) is 24.1 Å². The predicted molar refractivity (Wildman–Crippen MR) is 73.3 cm³/mol. The molecule has 3 nitrogen and oxygen atoms in total. The quantitative estimate of drug-likeness (QED) is 0.639. The Balaban J connectivity index is 2.28. The molecule has 1 fully saturated rings. The maximum absolute atomic E-state index is 9.68. The Hall–Kier alpha value is -0.120. The maximum Gasteiger partial charge on any atom is 0.0612 e. The second-order valence-electron chi connectivity index (χ2n) is 5.56. The van der Waals surface area contributed by atoms with Gasteiger partial charge >= 0.3 is 0 Å². The number of nitrogens with one attached hydrogen (secondary N) is 1. The van der Waals surface area contributed by atoms with Crippen molar-refractivity contribution in [3.8, 4) is 0 Å². The zero-order valence-electron chi connectivity index (χ0n) is 11.7. The van der Waals surface area contributed by atoms with Crippen LogP contribution in [0.5, 0.6) is 0 Å². The maximum atomic E-state index is 9.68. The molecule has 0 aromatic carbocycles. The second-order valence-corrected chi connectivity index (χ2v) is 5.56. The van der Waals surface area contributed by atoms with Gasteiger partial charge in [0.05, 0.1) is 6.61 Å². The fourth-order valence-corrected chi connectivity index (χ4v) is 2.65. The highest BCUT2D eigenvalue weighted by atomic mass is 16.3. The lowest BCUT2D eigenvalue weighted by Gasteiger charge is -2.42. The number of nitrogens with zero attached hydrogens (tertiary/aromatic N) is 1. The van der Waals surface area contributed by atoms with Crippen molar-refractivity contribution < 1.29 is 5.11 Å². The van der Waals surface area contributed by atoms with E-state index in [1.165, 1.54) is 32.1 Å². The van der Waals surface area contributed by atoms with Crippen molar-refractivity contribution in [3.63, 3.8) is 0 Å². The van der Waals surface area contributed by atoms with Crippen LogP contribution in [0, 0.1) is 0 Å². The lowest BCUT2D eigenvalue weighted by atomic mass is 9.92. The number of aliphatic hydroxyl groups excluding tert-OH is 1. The van der Waals surface area contributed by atoms with Crippen LogP contribution in [0.3, 0.4) is 0 Å². The van der Waals surface area contributed by atoms with E-state index < -0.39 is 0 Å². The van der Waals surface area contributed by atoms with Crippen LogP contribution in [0.25, 0.3) is 0 Å². The normalized spacial score (nSPS) is 21.4. The molecule has 2 N–H and O–H groups in total. The van der Waals surface area contributed by atoms with Crippen LogP contribution in [0.4, 0.5) is 0 Å². The Morgan fingerprint density at radius 1 is 1.12 bits per heavy atom. The van der Waals surface area contributed by atoms with E-state index in [1.807, 2.05) is 0 Å². The minimum Gasteiger partial charge on any atom is -0.394 e. The summed E-state index contributed by atoms with van der Waals surface area (Å²) in [5, 5.41) is 13.0. The van der Waals surface area contributed by atoms with Gasteiger partial charge in [0, 0.05) is 31.7 Å². The lowest BCUT2D eigenvalue weighted by Crippen LogP contribution is -2.56. The third-order valence-corrected chi connectivity index (χ3v) is 4.04. The topological polar surface area (TPSA) is 35.5 Å². The highest BCUT2D eigenvalue weighted by molar-refractivity contribution is 4.88. The van der Waals surface area contributed by atoms with Crippen LogP contribution < -0.4 is 5.32 Å². The van der Waals surface area contributed by atoms with Crippen LogP contribution in [-0.4, -0.2) is 48.3 Å². The Morgan fingerprint density at radius 2 is 1.76 bits per heavy atom. The standard InChI is InChI=1S/C14H30N2O/c1-3-4-5-6-7-8-14(2,13-17)16-11-9-15-10-12-16/h15,17H,3-13H2,1-2H3. The van der Waals surface area contributed by atoms with Gasteiger partial charge in [0.25, 0.3) is 0 Å². The van der Waals surface area contributed by atoms with Gasteiger partial charge in [-0.05, 0) is 13.3 Å². The minimum absolute atomic E-state index is 0.00825. The van der Waals surface area contributed by atoms with E-state index in [9.17, 15) is 5.11 Å². The van der Waals surface area contributed by atoms with Gasteiger partial charge in [-0.1, -0.05) is 39.0 Å². The summed E-state index contributed by atoms with van der Waals surface area (Å²) in [6, 6.07) is 0. The van der Waals surface area contributed by atoms with Crippen LogP contribution >= 0.6 is 0 Å². The summed E-state index contributed by atoms with van der Waals surface area (Å²) in [7, 11) is 0. The van der Waals surface area contributed by atoms with Gasteiger partial charge in [0.1, 0.15) is 0 Å². The third kappa shape index (κ3) is 4.94. The summed E-state index contributed by atoms with van der Waals surface area (Å²) in [5.74, 6) is 0. The molecular formula is C14H30N2O. The van der Waals surface area contributed by atoms with Gasteiger partial charge in [0.2, 0.25) is 0 Å². The highest BCUT2D eigenvalue weighted by Gasteiger charge is 2.31. The van der Waals surface area contributed by atoms with E-state index >= 15 is 0 Å². The molecule has 1 aliphatic heterocycles. The lowest BCUT2D eigenvalue weighted by molar-refractivity contribution is 0.0257. The van der Waals surface area contributed by atoms with Crippen molar-refractivity contribution in [1.29, 1.82) is 0 Å². The molecule has 1 saturated heterocycles. The van der Waals surface area contributed by atoms with Gasteiger partial charge in [-0.15, -0.1) is 0 Å². The number of hydrogen-bond acceptors (Lipinski definition) is 3. The second kappa shape index (κ2) is 8.06. The largest absolute Gasteiger partial charge is 0.394 e. The molecule has 1 rings (SSSR count). The first kappa shape index (κ1) is 14.9. The van der Waals surface area contributed by atoms with Gasteiger partial charge in [-0.3, -0.25) is 4.90 Å². The van der Waals surface area contributed by atoms with Crippen LogP contribution in [0.2, 0.25) is 0 Å². The van der Waals surface area contributed by atoms with Crippen molar-refractivity contribution in [2.75, 3.05) is 32.8 Å². The summed E-state index contributed by atoms with van der Waals surface area (Å²) in [4.78, 5) is 2.46. The summed E-state index contributed by atoms with van der Waals surface area (Å²) in [6.07, 6.45) is 7.70. The third-order valence-electron chi connectivity index (χ3n) is 4.04. The number of rotatable bonds is 8. The van der Waals surface area contributed by atoms with Crippen molar-refractivity contribution >= 4 is 0 Å². The fourth-order valence-electron chi connectivity index (χ4n) is 2.65. The molecule has 1 unspecified atom stereocenters. The van der Waals surface area contributed by atoms with Crippen molar-refractivity contribution in [2.24, 2.45) is 0 Å². The smallest absolute Gasteiger partial charge is 0.0612 e. The SMILES string of the molecule is CCCCCCCC(C)(CO)N1CCNCC1. The Bertz CT molecular complexity index is 193. The molecule has 1 atom stereocenters. The van der Waals surface area contributed by atoms with Gasteiger partial charge in [-0.2, -0.15) is 0 Å². The Morgan fingerprint density at radius 3 is 2.35 bits per heavy atom. The zero-order valence-corrected chi connectivity index (χ0v) is 11.7. The molecule has 0 radical (unpaired) electrons. The molecular weight excluding hydrogens is 212 g/mol. The van der Waals surface area contributed by atoms with Gasteiger partial charge < -0.3 is 10.4 Å². The Labute approximate surface area is 107 Å². The first-order valence-electron chi connectivity index (χ1n) is 7.29. The molecule has 0 saturated carbocycles. The van der Waals surface area contributed by atoms with E-state index in [4.69, 9.17) is 0 Å². The number of unbranched alkanes of at least 4 members (excludes halogenated alkanes) is 4. The summed E-state index contributed by atoms with van der Waals surface area (Å²) < 4.78 is 0. The molecule has 17 heavy (non-hydrogen) atoms. The van der Waals surface area contributed by atoms with Crippen LogP contribution in [0.15, 0.2) is 0 Å². The average molecular weight is 242 g/mol. The number of piperazine rings is 1. The Kier molecular flexibility index (Phi) is 7.09. The van der Waals surface area contributed by atoms with Crippen molar-refractivity contribution in [2.45, 2.75) is 57.9 Å². The molecule has 0 spiro atoms. The molecule has 0 bridgehead atoms. The molecule has 3 heteroatoms. The highest BCUT2D eigenvalue weighted by Crippen LogP contribution is 2.23. The number of aliphatic hydroxyl groups is 1. The summed E-state index contributed by atoms with van der Waals surface area (Å²) in [5.41, 5.74) is 0.00825. The van der Waals surface area contributed by atoms with Crippen molar-refractivity contribution in [3.05, 3.63) is 0 Å². The van der Waals surface area contributed by atoms with E-state index in [0.29, 0.717) is 6.61 Å². The van der Waals surface area contributed by atoms with E-state index in [0.717, 1.165) is 32.6 Å². The first-order valence-corrected chi connectivity index (χ1v) is 7.29. The minimum atomic E-state index is 0.00825. The monoisotopic (exact) mass is 242 g/mol. The fraction of sp³-hybridized carbons (Fsp3) is 1.00. The zero-order chi connectivity index (χ0) is 12.6. The molecule has 0 aromatic heterocycles. The van der Waals surface area contributed by atoms with Gasteiger partial charge in [0.15, 0.2) is 0 Å². The van der Waals surface area contributed by atoms with Gasteiger partial charge in [-0.25, -0.2) is 0 Å². The molecule has 0 amide bonds. The van der Waals surface area contributed by atoms with Crippen LogP contribution in [-0.2, 0) is 0 Å². The predicted octanol–water partition coefficient (Wildman–Crippen LogP) is 2.00. The molecule has 0 aliphatic carbocycles. The molecule has 0 aromatic rings. The number of hydrogen-bond donors (Lipinski definition) is 2. The molecule has 1 heterocycles. The molecule has 1 aliphatic rings. The van der Waals surface area contributed by atoms with Crippen LogP contribution in [0.1, 0.15) is 52.4 Å². The first-order chi connectivity index (χ1) is 8.23. The average Bonchev–Trinajstić information content (AvgIpc) is 2.39. The van der Waals surface area contributed by atoms with E-state index in [1.54, 1.807) is 0 Å². The van der Waals surface area contributed by atoms with E-state index in [-0.39, 0.29) is 5.54 Å². The van der Waals surface area contributed by atoms with Crippen molar-refractivity contribution in [1.82, 2.24) is 10.2 Å². The summed E-state index contributed by atoms with van der Waals surface area (Å²) >= 11 is 0.